The van der Waals surface area contributed by atoms with E-state index in [4.69, 9.17) is 0 Å². The molecular weight excluding hydrogens is 1090 g/mol. The number of allylic oxidation sites excluding steroid dienone is 14. The van der Waals surface area contributed by atoms with Crippen molar-refractivity contribution in [3.05, 3.63) is 348 Å². The van der Waals surface area contributed by atoms with Crippen LogP contribution >= 0.6 is 0 Å². The molecule has 6 aliphatic rings. The third kappa shape index (κ3) is 11.4. The highest BCUT2D eigenvalue weighted by molar-refractivity contribution is 6.89. The lowest BCUT2D eigenvalue weighted by Gasteiger charge is -2.47. The second kappa shape index (κ2) is 26.4. The Kier molecular flexibility index (Phi) is 16.8. The normalized spacial score (nSPS) is 19.4. The summed E-state index contributed by atoms with van der Waals surface area (Å²) in [5.74, 6) is 9.22. The summed E-state index contributed by atoms with van der Waals surface area (Å²) in [5, 5.41) is 4.05. The molecule has 14 rings (SSSR count). The van der Waals surface area contributed by atoms with Crippen LogP contribution in [0, 0.1) is 11.8 Å². The number of hydrogen-bond donors (Lipinski definition) is 1. The van der Waals surface area contributed by atoms with Gasteiger partial charge in [0.05, 0.1) is 11.7 Å². The Morgan fingerprint density at radius 1 is 0.611 bits per heavy atom. The summed E-state index contributed by atoms with van der Waals surface area (Å²) in [7, 11) is 0.605. The van der Waals surface area contributed by atoms with Crippen LogP contribution in [0.1, 0.15) is 58.8 Å². The quantitative estimate of drug-likeness (QED) is 0.0703. The van der Waals surface area contributed by atoms with Gasteiger partial charge in [0.25, 0.3) is 6.71 Å². The predicted octanol–water partition coefficient (Wildman–Crippen LogP) is 18.8. The van der Waals surface area contributed by atoms with Gasteiger partial charge in [0.1, 0.15) is 0 Å². The van der Waals surface area contributed by atoms with Crippen LogP contribution < -0.4 is 40.7 Å². The summed E-state index contributed by atoms with van der Waals surface area (Å²) in [5.41, 5.74) is 24.0. The fourth-order valence-electron chi connectivity index (χ4n) is 13.9. The molecule has 0 saturated carbocycles. The van der Waals surface area contributed by atoms with Gasteiger partial charge in [-0.15, -0.1) is 5.98 Å². The van der Waals surface area contributed by atoms with Crippen molar-refractivity contribution < 1.29 is 0 Å². The van der Waals surface area contributed by atoms with E-state index in [-0.39, 0.29) is 12.8 Å². The van der Waals surface area contributed by atoms with Crippen LogP contribution in [0.5, 0.6) is 0 Å². The van der Waals surface area contributed by atoms with Gasteiger partial charge >= 0.3 is 0 Å². The molecule has 3 aliphatic carbocycles. The standard InChI is InChI=1S/C82H72B2N6/c1-3-33-75-61(4-2)52-54-77-73(56-57-83-81-74(85-62-34-15-8-16-35-62)58-71(60-79(81)88(75)67-44-25-12-26-45-67)87(65-40-21-10-22-41-65)66-42-23-11-24-43-66)84-72-50-31-32-51-76(72)89(68-46-27-13-28-47-68)78-55-53-70(59-80(82(78)84)90(77)69-48-29-14-30-49-69)86(64-38-19-9-20-39-64)63-36-17-6-5-7-18-37-63/h3,8-12,14-17,19-27,29-46,48-54,56-60,68,83,85H,4,6,13,18,28,47,55H2,1-2H3/b33-3-,36-17-,54-52-,57-56+,63-37+,75-61-. The molecule has 6 nitrogen and oxygen atoms in total. The summed E-state index contributed by atoms with van der Waals surface area (Å²) in [6, 6.07) is 79.5. The molecule has 3 aliphatic heterocycles. The first-order valence-electron chi connectivity index (χ1n) is 32.1. The molecule has 8 heteroatoms. The highest BCUT2D eigenvalue weighted by Gasteiger charge is 2.47. The Bertz CT molecular complexity index is 4330. The molecule has 90 heavy (non-hydrogen) atoms. The first-order valence-corrected chi connectivity index (χ1v) is 32.1. The van der Waals surface area contributed by atoms with Gasteiger partial charge in [-0.1, -0.05) is 189 Å². The maximum atomic E-state index is 4.05. The second-order valence-corrected chi connectivity index (χ2v) is 23.4. The van der Waals surface area contributed by atoms with Crippen LogP contribution in [0.25, 0.3) is 0 Å². The fourth-order valence-corrected chi connectivity index (χ4v) is 13.9. The molecule has 3 heterocycles. The Labute approximate surface area is 533 Å². The zero-order valence-electron chi connectivity index (χ0n) is 51.3. The van der Waals surface area contributed by atoms with E-state index in [2.05, 4.69) is 353 Å². The van der Waals surface area contributed by atoms with Crippen LogP contribution in [-0.2, 0) is 0 Å². The SMILES string of the molecule is C\C=C/C1=C(CC)/C=C\C2=C(/C=C/Bc3c(Nc4ccccc4)cc(N(c4ccccc4)c4ccccc4)cc3N1c1ccccc1)B1C3=C(CC=C(N(C4=C/CC#CC/C=C\4)c4ccccc4)C=C3N2c2ccccc2)N(C2C=CCCC2)c2ccccc21. The smallest absolute Gasteiger partial charge is 0.251 e. The van der Waals surface area contributed by atoms with Crippen molar-refractivity contribution in [3.63, 3.8) is 0 Å². The van der Waals surface area contributed by atoms with Gasteiger partial charge in [-0.3, -0.25) is 0 Å². The monoisotopic (exact) mass is 1160 g/mol. The molecule has 1 unspecified atom stereocenters. The summed E-state index contributed by atoms with van der Waals surface area (Å²) in [6.45, 7) is 4.33. The van der Waals surface area contributed by atoms with Gasteiger partial charge < -0.3 is 29.8 Å². The van der Waals surface area contributed by atoms with E-state index in [1.807, 2.05) is 0 Å². The van der Waals surface area contributed by atoms with Crippen molar-refractivity contribution >= 4 is 81.8 Å². The van der Waals surface area contributed by atoms with E-state index < -0.39 is 0 Å². The number of fused-ring (bicyclic) bond motifs is 4. The molecule has 0 aromatic heterocycles. The number of nitrogens with zero attached hydrogens (tertiary/aromatic N) is 5. The van der Waals surface area contributed by atoms with E-state index in [0.29, 0.717) is 20.1 Å². The number of hydrogen-bond acceptors (Lipinski definition) is 6. The molecule has 0 radical (unpaired) electrons. The number of nitrogens with one attached hydrogen (secondary N) is 1. The van der Waals surface area contributed by atoms with E-state index in [1.54, 1.807) is 0 Å². The van der Waals surface area contributed by atoms with Crippen molar-refractivity contribution in [3.8, 4) is 11.8 Å². The number of anilines is 10. The van der Waals surface area contributed by atoms with Crippen LogP contribution in [0.2, 0.25) is 0 Å². The molecule has 0 amide bonds. The lowest BCUT2D eigenvalue weighted by Crippen LogP contribution is -2.53. The number of rotatable bonds is 13. The van der Waals surface area contributed by atoms with Gasteiger partial charge in [0, 0.05) is 105 Å². The van der Waals surface area contributed by atoms with Crippen LogP contribution in [0.4, 0.5) is 56.9 Å². The summed E-state index contributed by atoms with van der Waals surface area (Å²) < 4.78 is 0. The Morgan fingerprint density at radius 2 is 1.24 bits per heavy atom. The van der Waals surface area contributed by atoms with Gasteiger partial charge in [0.2, 0.25) is 0 Å². The van der Waals surface area contributed by atoms with Crippen molar-refractivity contribution in [1.29, 1.82) is 0 Å². The largest absolute Gasteiger partial charge is 0.356 e. The molecule has 0 bridgehead atoms. The van der Waals surface area contributed by atoms with Crippen LogP contribution in [0.3, 0.4) is 0 Å². The number of benzene rings is 8. The molecule has 8 aromatic rings. The van der Waals surface area contributed by atoms with Crippen LogP contribution in [0.15, 0.2) is 348 Å². The van der Waals surface area contributed by atoms with Gasteiger partial charge in [0.15, 0.2) is 7.28 Å². The highest BCUT2D eigenvalue weighted by Crippen LogP contribution is 2.49. The fraction of sp³-hybridized carbons (Fsp3) is 0.122. The predicted molar refractivity (Wildman–Crippen MR) is 385 cm³/mol. The first-order chi connectivity index (χ1) is 44.6. The minimum atomic E-state index is -0.127. The third-order valence-corrected chi connectivity index (χ3v) is 17.8. The Morgan fingerprint density at radius 3 is 1.91 bits per heavy atom. The molecule has 0 saturated heterocycles. The molecule has 0 fully saturated rings. The molecule has 436 valence electrons. The molecular formula is C82H72B2N6. The summed E-state index contributed by atoms with van der Waals surface area (Å²) in [6.07, 6.45) is 34.8. The molecule has 8 aromatic carbocycles. The Balaban J connectivity index is 1.07. The maximum Gasteiger partial charge on any atom is 0.251 e. The van der Waals surface area contributed by atoms with Crippen molar-refractivity contribution in [2.45, 2.75) is 64.8 Å². The first kappa shape index (κ1) is 57.2. The maximum absolute atomic E-state index is 4.05. The average Bonchev–Trinajstić information content (AvgIpc) is 1.08. The summed E-state index contributed by atoms with van der Waals surface area (Å²) in [4.78, 5) is 12.7. The highest BCUT2D eigenvalue weighted by atomic mass is 15.2. The van der Waals surface area contributed by atoms with Gasteiger partial charge in [-0.25, -0.2) is 0 Å². The van der Waals surface area contributed by atoms with Crippen molar-refractivity contribution in [1.82, 2.24) is 0 Å². The van der Waals surface area contributed by atoms with Crippen molar-refractivity contribution in [2.75, 3.05) is 29.8 Å². The van der Waals surface area contributed by atoms with Crippen LogP contribution in [-0.4, -0.2) is 20.0 Å². The van der Waals surface area contributed by atoms with E-state index in [9.17, 15) is 0 Å². The minimum Gasteiger partial charge on any atom is -0.356 e. The number of para-hydroxylation sites is 7. The Hall–Kier alpha value is -10.6. The minimum absolute atomic E-state index is 0.127. The van der Waals surface area contributed by atoms with Gasteiger partial charge in [-0.2, -0.15) is 0 Å². The lowest BCUT2D eigenvalue weighted by atomic mass is 9.31. The zero-order chi connectivity index (χ0) is 60.6. The summed E-state index contributed by atoms with van der Waals surface area (Å²) >= 11 is 0. The molecule has 1 atom stereocenters. The lowest BCUT2D eigenvalue weighted by molar-refractivity contribution is 0.613. The zero-order valence-corrected chi connectivity index (χ0v) is 51.3. The molecule has 1 N–H and O–H groups in total. The third-order valence-electron chi connectivity index (χ3n) is 17.8. The van der Waals surface area contributed by atoms with E-state index in [1.165, 1.54) is 39.1 Å². The van der Waals surface area contributed by atoms with Crippen molar-refractivity contribution in [2.24, 2.45) is 0 Å². The molecule has 0 spiro atoms. The van der Waals surface area contributed by atoms with E-state index >= 15 is 0 Å². The topological polar surface area (TPSA) is 28.2 Å². The van der Waals surface area contributed by atoms with E-state index in [0.717, 1.165) is 112 Å². The average molecular weight is 1160 g/mol. The second-order valence-electron chi connectivity index (χ2n) is 23.4. The van der Waals surface area contributed by atoms with Gasteiger partial charge in [-0.05, 0) is 181 Å².